The van der Waals surface area contributed by atoms with Gasteiger partial charge < -0.3 is 10.6 Å². The number of nitrogens with zero attached hydrogens (tertiary/aromatic N) is 2. The predicted octanol–water partition coefficient (Wildman–Crippen LogP) is 2.27. The molecule has 1 aromatic heterocycles. The summed E-state index contributed by atoms with van der Waals surface area (Å²) < 4.78 is 13.6. The number of nitrogens with two attached hydrogens (primary N) is 1. The predicted molar refractivity (Wildman–Crippen MR) is 69.7 cm³/mol. The van der Waals surface area contributed by atoms with Gasteiger partial charge in [0.05, 0.1) is 0 Å². The summed E-state index contributed by atoms with van der Waals surface area (Å²) >= 11 is 0. The molecule has 0 aliphatic carbocycles. The van der Waals surface area contributed by atoms with E-state index in [1.54, 1.807) is 42.3 Å². The average Bonchev–Trinajstić information content (AvgIpc) is 2.38. The lowest BCUT2D eigenvalue weighted by molar-refractivity contribution is 0.621. The Morgan fingerprint density at radius 2 is 2.11 bits per heavy atom. The van der Waals surface area contributed by atoms with Gasteiger partial charge in [-0.05, 0) is 24.3 Å². The normalized spacial score (nSPS) is 10.1. The molecule has 0 saturated heterocycles. The third-order valence-electron chi connectivity index (χ3n) is 2.60. The van der Waals surface area contributed by atoms with Crippen molar-refractivity contribution < 1.29 is 4.39 Å². The van der Waals surface area contributed by atoms with Crippen LogP contribution in [-0.4, -0.2) is 17.9 Å². The number of rotatable bonds is 3. The number of hydrogen-bond acceptors (Lipinski definition) is 3. The average molecular weight is 244 g/mol. The molecule has 4 nitrogen and oxygen atoms in total. The van der Waals surface area contributed by atoms with E-state index in [2.05, 4.69) is 4.98 Å². The standard InChI is InChI=1S/C13H13FN4/c1-18(13-11(14)6-3-7-17-13)10-5-2-4-9(8-10)12(15)16/h2-8H,1H3,(H3,15,16). The number of nitrogens with one attached hydrogen (secondary N) is 1. The lowest BCUT2D eigenvalue weighted by Crippen LogP contribution is -2.15. The quantitative estimate of drug-likeness (QED) is 0.643. The Kier molecular flexibility index (Phi) is 3.23. The van der Waals surface area contributed by atoms with Gasteiger partial charge in [0.1, 0.15) is 5.84 Å². The molecule has 92 valence electrons. The van der Waals surface area contributed by atoms with Crippen molar-refractivity contribution in [1.29, 1.82) is 5.41 Å². The molecule has 0 fully saturated rings. The lowest BCUT2D eigenvalue weighted by atomic mass is 10.2. The first-order chi connectivity index (χ1) is 8.59. The zero-order chi connectivity index (χ0) is 13.1. The van der Waals surface area contributed by atoms with Gasteiger partial charge >= 0.3 is 0 Å². The molecule has 0 radical (unpaired) electrons. The second-order valence-electron chi connectivity index (χ2n) is 3.83. The van der Waals surface area contributed by atoms with Gasteiger partial charge in [0, 0.05) is 24.5 Å². The largest absolute Gasteiger partial charge is 0.384 e. The van der Waals surface area contributed by atoms with Crippen LogP contribution in [0.5, 0.6) is 0 Å². The van der Waals surface area contributed by atoms with Crippen LogP contribution in [0.25, 0.3) is 0 Å². The van der Waals surface area contributed by atoms with Gasteiger partial charge in [0.15, 0.2) is 11.6 Å². The maximum absolute atomic E-state index is 13.6. The van der Waals surface area contributed by atoms with Crippen molar-refractivity contribution in [1.82, 2.24) is 4.98 Å². The number of aromatic nitrogens is 1. The fraction of sp³-hybridized carbons (Fsp3) is 0.0769. The molecule has 0 atom stereocenters. The Labute approximate surface area is 104 Å². The van der Waals surface area contributed by atoms with Gasteiger partial charge in [-0.1, -0.05) is 12.1 Å². The first-order valence-corrected chi connectivity index (χ1v) is 5.38. The second kappa shape index (κ2) is 4.83. The summed E-state index contributed by atoms with van der Waals surface area (Å²) in [6, 6.07) is 9.92. The summed E-state index contributed by atoms with van der Waals surface area (Å²) in [6.45, 7) is 0. The molecule has 2 aromatic rings. The van der Waals surface area contributed by atoms with E-state index in [9.17, 15) is 4.39 Å². The van der Waals surface area contributed by atoms with Crippen LogP contribution in [-0.2, 0) is 0 Å². The summed E-state index contributed by atoms with van der Waals surface area (Å²) in [6.07, 6.45) is 1.53. The number of hydrogen-bond donors (Lipinski definition) is 2. The molecule has 18 heavy (non-hydrogen) atoms. The molecule has 2 rings (SSSR count). The van der Waals surface area contributed by atoms with Crippen LogP contribution in [0.15, 0.2) is 42.6 Å². The van der Waals surface area contributed by atoms with Crippen LogP contribution in [0, 0.1) is 11.2 Å². The van der Waals surface area contributed by atoms with Crippen molar-refractivity contribution in [2.75, 3.05) is 11.9 Å². The van der Waals surface area contributed by atoms with Gasteiger partial charge in [-0.2, -0.15) is 0 Å². The van der Waals surface area contributed by atoms with Crippen molar-refractivity contribution in [3.8, 4) is 0 Å². The first-order valence-electron chi connectivity index (χ1n) is 5.38. The molecule has 0 unspecified atom stereocenters. The minimum absolute atomic E-state index is 0.0215. The summed E-state index contributed by atoms with van der Waals surface area (Å²) in [5.41, 5.74) is 6.74. The van der Waals surface area contributed by atoms with Gasteiger partial charge in [-0.3, -0.25) is 5.41 Å². The van der Waals surface area contributed by atoms with Crippen molar-refractivity contribution >= 4 is 17.3 Å². The Bertz CT molecular complexity index is 583. The number of pyridine rings is 1. The topological polar surface area (TPSA) is 66.0 Å². The highest BCUT2D eigenvalue weighted by atomic mass is 19.1. The van der Waals surface area contributed by atoms with Crippen molar-refractivity contribution in [2.45, 2.75) is 0 Å². The molecule has 1 heterocycles. The van der Waals surface area contributed by atoms with E-state index in [1.165, 1.54) is 12.3 Å². The van der Waals surface area contributed by atoms with Gasteiger partial charge in [-0.15, -0.1) is 0 Å². The number of nitrogen functional groups attached to an aromatic ring is 1. The van der Waals surface area contributed by atoms with E-state index >= 15 is 0 Å². The van der Waals surface area contributed by atoms with Crippen molar-refractivity contribution in [2.24, 2.45) is 5.73 Å². The third-order valence-corrected chi connectivity index (χ3v) is 2.60. The fourth-order valence-electron chi connectivity index (χ4n) is 1.63. The van der Waals surface area contributed by atoms with Crippen LogP contribution < -0.4 is 10.6 Å². The second-order valence-corrected chi connectivity index (χ2v) is 3.83. The maximum Gasteiger partial charge on any atom is 0.169 e. The molecule has 5 heteroatoms. The fourth-order valence-corrected chi connectivity index (χ4v) is 1.63. The monoisotopic (exact) mass is 244 g/mol. The van der Waals surface area contributed by atoms with Gasteiger partial charge in [0.2, 0.25) is 0 Å². The molecule has 0 aliphatic heterocycles. The Morgan fingerprint density at radius 1 is 1.33 bits per heavy atom. The Hall–Kier alpha value is -2.43. The van der Waals surface area contributed by atoms with E-state index in [4.69, 9.17) is 11.1 Å². The van der Waals surface area contributed by atoms with E-state index in [1.807, 2.05) is 0 Å². The van der Waals surface area contributed by atoms with E-state index in [0.717, 1.165) is 5.69 Å². The van der Waals surface area contributed by atoms with Crippen molar-refractivity contribution in [3.05, 3.63) is 54.0 Å². The van der Waals surface area contributed by atoms with Gasteiger partial charge in [-0.25, -0.2) is 9.37 Å². The highest BCUT2D eigenvalue weighted by molar-refractivity contribution is 5.96. The highest BCUT2D eigenvalue weighted by Crippen LogP contribution is 2.24. The number of benzene rings is 1. The third kappa shape index (κ3) is 2.29. The molecule has 0 aliphatic rings. The molecule has 1 aromatic carbocycles. The maximum atomic E-state index is 13.6. The Morgan fingerprint density at radius 3 is 2.78 bits per heavy atom. The molecule has 3 N–H and O–H groups in total. The Balaban J connectivity index is 2.40. The van der Waals surface area contributed by atoms with Crippen LogP contribution in [0.1, 0.15) is 5.56 Å². The molecule has 0 saturated carbocycles. The molecule has 0 amide bonds. The smallest absolute Gasteiger partial charge is 0.169 e. The first kappa shape index (κ1) is 12.0. The lowest BCUT2D eigenvalue weighted by Gasteiger charge is -2.19. The molecule has 0 spiro atoms. The number of halogens is 1. The van der Waals surface area contributed by atoms with E-state index < -0.39 is 5.82 Å². The molecule has 0 bridgehead atoms. The zero-order valence-electron chi connectivity index (χ0n) is 9.89. The van der Waals surface area contributed by atoms with Gasteiger partial charge in [0.25, 0.3) is 0 Å². The van der Waals surface area contributed by atoms with Crippen LogP contribution >= 0.6 is 0 Å². The van der Waals surface area contributed by atoms with Crippen LogP contribution in [0.3, 0.4) is 0 Å². The summed E-state index contributed by atoms with van der Waals surface area (Å²) in [4.78, 5) is 5.61. The number of anilines is 2. The van der Waals surface area contributed by atoms with Crippen molar-refractivity contribution in [3.63, 3.8) is 0 Å². The van der Waals surface area contributed by atoms with Crippen LogP contribution in [0.4, 0.5) is 15.9 Å². The van der Waals surface area contributed by atoms with Crippen LogP contribution in [0.2, 0.25) is 0 Å². The van der Waals surface area contributed by atoms with E-state index in [-0.39, 0.29) is 11.7 Å². The number of amidine groups is 1. The minimum Gasteiger partial charge on any atom is -0.384 e. The van der Waals surface area contributed by atoms with E-state index in [0.29, 0.717) is 5.56 Å². The minimum atomic E-state index is -0.395. The zero-order valence-corrected chi connectivity index (χ0v) is 9.89. The highest BCUT2D eigenvalue weighted by Gasteiger charge is 2.10. The molecular formula is C13H13FN4. The summed E-state index contributed by atoms with van der Waals surface area (Å²) in [5, 5.41) is 7.39. The summed E-state index contributed by atoms with van der Waals surface area (Å²) in [5.74, 6) is -0.182. The summed E-state index contributed by atoms with van der Waals surface area (Å²) in [7, 11) is 1.71. The molecular weight excluding hydrogens is 231 g/mol. The SMILES string of the molecule is CN(c1cccc(C(=N)N)c1)c1ncccc1F.